The molecule has 0 atom stereocenters. The first-order valence-corrected chi connectivity index (χ1v) is 11.0. The third-order valence-corrected chi connectivity index (χ3v) is 6.46. The van der Waals surface area contributed by atoms with Crippen molar-refractivity contribution in [2.75, 3.05) is 18.4 Å². The SMILES string of the molecule is Cn1nnnc1Sc1ccc(Br)cc1NC(=O)C1CCN(C(=O)c2ccco2)CC1. The lowest BCUT2D eigenvalue weighted by Crippen LogP contribution is -2.41. The van der Waals surface area contributed by atoms with Crippen LogP contribution in [0.2, 0.25) is 0 Å². The van der Waals surface area contributed by atoms with E-state index in [-0.39, 0.29) is 17.7 Å². The minimum atomic E-state index is -0.168. The van der Waals surface area contributed by atoms with Crippen LogP contribution in [0.15, 0.2) is 55.5 Å². The molecule has 0 saturated carbocycles. The Morgan fingerprint density at radius 1 is 1.27 bits per heavy atom. The lowest BCUT2D eigenvalue weighted by atomic mass is 9.95. The highest BCUT2D eigenvalue weighted by Gasteiger charge is 2.29. The first-order valence-electron chi connectivity index (χ1n) is 9.34. The van der Waals surface area contributed by atoms with Crippen LogP contribution in [0.25, 0.3) is 0 Å². The third kappa shape index (κ3) is 4.57. The Hall–Kier alpha value is -2.66. The first kappa shape index (κ1) is 20.6. The summed E-state index contributed by atoms with van der Waals surface area (Å²) in [6.07, 6.45) is 2.68. The number of likely N-dealkylation sites (tertiary alicyclic amines) is 1. The Labute approximate surface area is 185 Å². The zero-order valence-corrected chi connectivity index (χ0v) is 18.5. The van der Waals surface area contributed by atoms with Crippen LogP contribution in [0.1, 0.15) is 23.4 Å². The van der Waals surface area contributed by atoms with Gasteiger partial charge in [0.1, 0.15) is 0 Å². The van der Waals surface area contributed by atoms with Crippen LogP contribution in [0, 0.1) is 5.92 Å². The molecule has 1 aliphatic rings. The van der Waals surface area contributed by atoms with Crippen LogP contribution in [0.4, 0.5) is 5.69 Å². The molecule has 0 unspecified atom stereocenters. The molecule has 11 heteroatoms. The molecule has 1 N–H and O–H groups in total. The summed E-state index contributed by atoms with van der Waals surface area (Å²) in [5, 5.41) is 15.1. The molecule has 2 amide bonds. The quantitative estimate of drug-likeness (QED) is 0.584. The molecule has 0 bridgehead atoms. The maximum atomic E-state index is 12.9. The van der Waals surface area contributed by atoms with Gasteiger partial charge in [0.15, 0.2) is 5.76 Å². The summed E-state index contributed by atoms with van der Waals surface area (Å²) in [6.45, 7) is 1.03. The molecule has 4 rings (SSSR count). The van der Waals surface area contributed by atoms with Crippen molar-refractivity contribution >= 4 is 45.2 Å². The van der Waals surface area contributed by atoms with E-state index in [0.29, 0.717) is 42.5 Å². The molecular weight excluding hydrogens is 472 g/mol. The van der Waals surface area contributed by atoms with E-state index < -0.39 is 0 Å². The monoisotopic (exact) mass is 490 g/mol. The van der Waals surface area contributed by atoms with E-state index in [1.807, 2.05) is 18.2 Å². The number of benzene rings is 1. The molecule has 1 aliphatic heterocycles. The summed E-state index contributed by atoms with van der Waals surface area (Å²) in [4.78, 5) is 27.9. The number of nitrogens with one attached hydrogen (secondary N) is 1. The maximum absolute atomic E-state index is 12.9. The van der Waals surface area contributed by atoms with E-state index in [0.717, 1.165) is 9.37 Å². The number of aryl methyl sites for hydroxylation is 1. The number of hydrogen-bond acceptors (Lipinski definition) is 7. The van der Waals surface area contributed by atoms with Crippen molar-refractivity contribution in [3.05, 3.63) is 46.8 Å². The van der Waals surface area contributed by atoms with Gasteiger partial charge in [0.2, 0.25) is 11.1 Å². The summed E-state index contributed by atoms with van der Waals surface area (Å²) in [5.41, 5.74) is 0.691. The number of amides is 2. The lowest BCUT2D eigenvalue weighted by Gasteiger charge is -2.30. The number of tetrazole rings is 1. The number of piperidine rings is 1. The Morgan fingerprint density at radius 2 is 2.07 bits per heavy atom. The second-order valence-electron chi connectivity index (χ2n) is 6.86. The standard InChI is InChI=1S/C19H19BrN6O3S/c1-25-19(22-23-24-25)30-16-5-4-13(20)11-14(16)21-17(27)12-6-8-26(9-7-12)18(28)15-3-2-10-29-15/h2-5,10-12H,6-9H2,1H3,(H,21,27). The van der Waals surface area contributed by atoms with Crippen LogP contribution < -0.4 is 5.32 Å². The van der Waals surface area contributed by atoms with Gasteiger partial charge >= 0.3 is 0 Å². The molecule has 0 aliphatic carbocycles. The number of carbonyl (C=O) groups is 2. The molecular formula is C19H19BrN6O3S. The van der Waals surface area contributed by atoms with Crippen molar-refractivity contribution in [2.24, 2.45) is 13.0 Å². The Bertz CT molecular complexity index is 1050. The number of carbonyl (C=O) groups excluding carboxylic acids is 2. The molecule has 3 aromatic rings. The first-order chi connectivity index (χ1) is 14.5. The average molecular weight is 491 g/mol. The number of aromatic nitrogens is 4. The minimum Gasteiger partial charge on any atom is -0.459 e. The van der Waals surface area contributed by atoms with Crippen molar-refractivity contribution in [3.8, 4) is 0 Å². The van der Waals surface area contributed by atoms with Gasteiger partial charge in [-0.1, -0.05) is 15.9 Å². The normalized spacial score (nSPS) is 14.7. The zero-order valence-electron chi connectivity index (χ0n) is 16.1. The minimum absolute atomic E-state index is 0.0591. The molecule has 30 heavy (non-hydrogen) atoms. The van der Waals surface area contributed by atoms with Gasteiger partial charge in [-0.3, -0.25) is 9.59 Å². The Balaban J connectivity index is 1.40. The van der Waals surface area contributed by atoms with Crippen LogP contribution >= 0.6 is 27.7 Å². The van der Waals surface area contributed by atoms with Crippen molar-refractivity contribution in [3.63, 3.8) is 0 Å². The Kier molecular flexibility index (Phi) is 6.18. The number of halogens is 1. The highest BCUT2D eigenvalue weighted by Crippen LogP contribution is 2.34. The van der Waals surface area contributed by atoms with E-state index in [1.54, 1.807) is 28.8 Å². The van der Waals surface area contributed by atoms with Crippen molar-refractivity contribution in [2.45, 2.75) is 22.9 Å². The summed E-state index contributed by atoms with van der Waals surface area (Å²) in [7, 11) is 1.76. The van der Waals surface area contributed by atoms with Crippen LogP contribution in [-0.4, -0.2) is 50.0 Å². The van der Waals surface area contributed by atoms with Gasteiger partial charge in [-0.05, 0) is 65.4 Å². The fourth-order valence-electron chi connectivity index (χ4n) is 3.23. The van der Waals surface area contributed by atoms with Gasteiger partial charge < -0.3 is 14.6 Å². The summed E-state index contributed by atoms with van der Waals surface area (Å²) >= 11 is 4.83. The number of hydrogen-bond donors (Lipinski definition) is 1. The number of anilines is 1. The molecule has 2 aromatic heterocycles. The van der Waals surface area contributed by atoms with Crippen molar-refractivity contribution in [1.82, 2.24) is 25.1 Å². The molecule has 156 valence electrons. The van der Waals surface area contributed by atoms with Gasteiger partial charge in [0, 0.05) is 35.4 Å². The molecule has 9 nitrogen and oxygen atoms in total. The summed E-state index contributed by atoms with van der Waals surface area (Å²) in [5.74, 6) is -0.0381. The number of furan rings is 1. The lowest BCUT2D eigenvalue weighted by molar-refractivity contribution is -0.121. The van der Waals surface area contributed by atoms with Gasteiger partial charge in [-0.15, -0.1) is 5.10 Å². The fraction of sp³-hybridized carbons (Fsp3) is 0.316. The van der Waals surface area contributed by atoms with Crippen LogP contribution in [0.5, 0.6) is 0 Å². The van der Waals surface area contributed by atoms with E-state index >= 15 is 0 Å². The Morgan fingerprint density at radius 3 is 2.73 bits per heavy atom. The fourth-order valence-corrected chi connectivity index (χ4v) is 4.39. The van der Waals surface area contributed by atoms with E-state index in [4.69, 9.17) is 4.42 Å². The smallest absolute Gasteiger partial charge is 0.289 e. The van der Waals surface area contributed by atoms with Crippen LogP contribution in [-0.2, 0) is 11.8 Å². The molecule has 0 radical (unpaired) electrons. The second-order valence-corrected chi connectivity index (χ2v) is 8.79. The van der Waals surface area contributed by atoms with Gasteiger partial charge in [0.25, 0.3) is 5.91 Å². The van der Waals surface area contributed by atoms with Gasteiger partial charge in [0.05, 0.1) is 12.0 Å². The molecule has 1 fully saturated rings. The maximum Gasteiger partial charge on any atom is 0.289 e. The van der Waals surface area contributed by atoms with Gasteiger partial charge in [-0.2, -0.15) is 0 Å². The zero-order chi connectivity index (χ0) is 21.1. The molecule has 0 spiro atoms. The molecule has 1 saturated heterocycles. The highest BCUT2D eigenvalue weighted by molar-refractivity contribution is 9.10. The predicted molar refractivity (Wildman–Crippen MR) is 113 cm³/mol. The molecule has 3 heterocycles. The topological polar surface area (TPSA) is 106 Å². The van der Waals surface area contributed by atoms with Crippen molar-refractivity contribution in [1.29, 1.82) is 0 Å². The second kappa shape index (κ2) is 9.00. The molecule has 1 aromatic carbocycles. The average Bonchev–Trinajstić information content (AvgIpc) is 3.42. The van der Waals surface area contributed by atoms with E-state index in [2.05, 4.69) is 36.8 Å². The van der Waals surface area contributed by atoms with Crippen molar-refractivity contribution < 1.29 is 14.0 Å². The van der Waals surface area contributed by atoms with E-state index in [1.165, 1.54) is 18.0 Å². The third-order valence-electron chi connectivity index (χ3n) is 4.87. The van der Waals surface area contributed by atoms with Gasteiger partial charge in [-0.25, -0.2) is 4.68 Å². The largest absolute Gasteiger partial charge is 0.459 e. The number of nitrogens with zero attached hydrogens (tertiary/aromatic N) is 5. The highest BCUT2D eigenvalue weighted by atomic mass is 79.9. The van der Waals surface area contributed by atoms with Crippen LogP contribution in [0.3, 0.4) is 0 Å². The van der Waals surface area contributed by atoms with E-state index in [9.17, 15) is 9.59 Å². The summed E-state index contributed by atoms with van der Waals surface area (Å²) < 4.78 is 7.62. The predicted octanol–water partition coefficient (Wildman–Crippen LogP) is 3.21. The number of rotatable bonds is 5. The summed E-state index contributed by atoms with van der Waals surface area (Å²) in [6, 6.07) is 9.02.